The first kappa shape index (κ1) is 15.6. The zero-order valence-electron chi connectivity index (χ0n) is 12.5. The summed E-state index contributed by atoms with van der Waals surface area (Å²) in [6.07, 6.45) is 1.63. The first-order valence-corrected chi connectivity index (χ1v) is 6.73. The van der Waals surface area contributed by atoms with Gasteiger partial charge in [-0.25, -0.2) is 4.98 Å². The number of hydrogen-bond acceptors (Lipinski definition) is 5. The van der Waals surface area contributed by atoms with Crippen LogP contribution in [-0.2, 0) is 11.3 Å². The lowest BCUT2D eigenvalue weighted by Gasteiger charge is -2.08. The van der Waals surface area contributed by atoms with Crippen LogP contribution < -0.4 is 19.5 Å². The molecule has 6 nitrogen and oxygen atoms in total. The van der Waals surface area contributed by atoms with Gasteiger partial charge in [0.25, 0.3) is 5.91 Å². The lowest BCUT2D eigenvalue weighted by Crippen LogP contribution is -2.28. The van der Waals surface area contributed by atoms with Gasteiger partial charge >= 0.3 is 0 Å². The van der Waals surface area contributed by atoms with E-state index in [1.807, 2.05) is 6.07 Å². The number of nitrogens with zero attached hydrogens (tertiary/aromatic N) is 1. The van der Waals surface area contributed by atoms with E-state index in [0.717, 1.165) is 11.3 Å². The molecule has 0 saturated heterocycles. The molecule has 1 aromatic carbocycles. The molecule has 0 aliphatic rings. The van der Waals surface area contributed by atoms with E-state index < -0.39 is 0 Å². The van der Waals surface area contributed by atoms with Crippen molar-refractivity contribution in [3.8, 4) is 17.4 Å². The molecule has 1 heterocycles. The summed E-state index contributed by atoms with van der Waals surface area (Å²) in [6, 6.07) is 10.6. The van der Waals surface area contributed by atoms with Crippen molar-refractivity contribution in [2.45, 2.75) is 6.54 Å². The standard InChI is InChI=1S/C16H18N2O4/c1-20-13-3-5-14(6-4-13)22-11-15(19)18-10-12-7-8-17-16(9-12)21-2/h3-9H,10-11H2,1-2H3,(H,18,19). The quantitative estimate of drug-likeness (QED) is 0.844. The fourth-order valence-corrected chi connectivity index (χ4v) is 1.74. The number of nitrogens with one attached hydrogen (secondary N) is 1. The second-order valence-corrected chi connectivity index (χ2v) is 4.45. The van der Waals surface area contributed by atoms with Crippen LogP contribution in [0.3, 0.4) is 0 Å². The lowest BCUT2D eigenvalue weighted by molar-refractivity contribution is -0.123. The third-order valence-electron chi connectivity index (χ3n) is 2.93. The van der Waals surface area contributed by atoms with E-state index in [0.29, 0.717) is 18.2 Å². The summed E-state index contributed by atoms with van der Waals surface area (Å²) >= 11 is 0. The van der Waals surface area contributed by atoms with Crippen molar-refractivity contribution in [3.63, 3.8) is 0 Å². The number of rotatable bonds is 7. The summed E-state index contributed by atoms with van der Waals surface area (Å²) in [5.41, 5.74) is 0.907. The zero-order chi connectivity index (χ0) is 15.8. The van der Waals surface area contributed by atoms with Crippen LogP contribution in [0, 0.1) is 0 Å². The van der Waals surface area contributed by atoms with Gasteiger partial charge in [0.05, 0.1) is 14.2 Å². The lowest BCUT2D eigenvalue weighted by atomic mass is 10.2. The van der Waals surface area contributed by atoms with Crippen LogP contribution in [-0.4, -0.2) is 31.7 Å². The Hall–Kier alpha value is -2.76. The van der Waals surface area contributed by atoms with Crippen molar-refractivity contribution in [1.29, 1.82) is 0 Å². The number of benzene rings is 1. The normalized spacial score (nSPS) is 9.91. The van der Waals surface area contributed by atoms with Gasteiger partial charge in [0, 0.05) is 18.8 Å². The minimum Gasteiger partial charge on any atom is -0.497 e. The van der Waals surface area contributed by atoms with Gasteiger partial charge in [0.1, 0.15) is 11.5 Å². The molecule has 0 atom stereocenters. The molecule has 22 heavy (non-hydrogen) atoms. The molecular formula is C16H18N2O4. The largest absolute Gasteiger partial charge is 0.497 e. The van der Waals surface area contributed by atoms with Gasteiger partial charge in [-0.2, -0.15) is 0 Å². The molecule has 0 unspecified atom stereocenters. The number of carbonyl (C=O) groups excluding carboxylic acids is 1. The van der Waals surface area contributed by atoms with E-state index in [2.05, 4.69) is 10.3 Å². The van der Waals surface area contributed by atoms with Gasteiger partial charge in [0.15, 0.2) is 6.61 Å². The van der Waals surface area contributed by atoms with Crippen molar-refractivity contribution in [2.24, 2.45) is 0 Å². The average Bonchev–Trinajstić information content (AvgIpc) is 2.58. The van der Waals surface area contributed by atoms with Crippen LogP contribution in [0.5, 0.6) is 17.4 Å². The fraction of sp³-hybridized carbons (Fsp3) is 0.250. The summed E-state index contributed by atoms with van der Waals surface area (Å²) in [7, 11) is 3.14. The third-order valence-corrected chi connectivity index (χ3v) is 2.93. The van der Waals surface area contributed by atoms with Crippen molar-refractivity contribution in [1.82, 2.24) is 10.3 Å². The van der Waals surface area contributed by atoms with Crippen molar-refractivity contribution in [2.75, 3.05) is 20.8 Å². The molecule has 1 aromatic heterocycles. The molecule has 2 aromatic rings. The number of aromatic nitrogens is 1. The molecular weight excluding hydrogens is 284 g/mol. The summed E-state index contributed by atoms with van der Waals surface area (Å²) in [6.45, 7) is 0.345. The Morgan fingerprint density at radius 2 is 1.82 bits per heavy atom. The minimum absolute atomic E-state index is 0.0471. The number of hydrogen-bond donors (Lipinski definition) is 1. The summed E-state index contributed by atoms with van der Waals surface area (Å²) in [5.74, 6) is 1.66. The van der Waals surface area contributed by atoms with E-state index in [4.69, 9.17) is 14.2 Å². The maximum absolute atomic E-state index is 11.8. The highest BCUT2D eigenvalue weighted by atomic mass is 16.5. The van der Waals surface area contributed by atoms with E-state index in [-0.39, 0.29) is 12.5 Å². The van der Waals surface area contributed by atoms with Gasteiger partial charge in [-0.3, -0.25) is 4.79 Å². The maximum atomic E-state index is 11.8. The summed E-state index contributed by atoms with van der Waals surface area (Å²) in [4.78, 5) is 15.8. The average molecular weight is 302 g/mol. The molecule has 0 saturated carbocycles. The molecule has 0 fully saturated rings. The van der Waals surface area contributed by atoms with Crippen LogP contribution in [0.1, 0.15) is 5.56 Å². The van der Waals surface area contributed by atoms with Crippen LogP contribution in [0.15, 0.2) is 42.6 Å². The second-order valence-electron chi connectivity index (χ2n) is 4.45. The minimum atomic E-state index is -0.202. The molecule has 6 heteroatoms. The van der Waals surface area contributed by atoms with Crippen LogP contribution in [0.25, 0.3) is 0 Å². The highest BCUT2D eigenvalue weighted by Crippen LogP contribution is 2.16. The molecule has 0 radical (unpaired) electrons. The Balaban J connectivity index is 1.77. The Bertz CT molecular complexity index is 614. The monoisotopic (exact) mass is 302 g/mol. The van der Waals surface area contributed by atoms with E-state index in [9.17, 15) is 4.79 Å². The number of ether oxygens (including phenoxy) is 3. The van der Waals surface area contributed by atoms with Gasteiger partial charge in [-0.1, -0.05) is 0 Å². The smallest absolute Gasteiger partial charge is 0.258 e. The second kappa shape index (κ2) is 7.87. The van der Waals surface area contributed by atoms with Gasteiger partial charge in [-0.15, -0.1) is 0 Å². The molecule has 2 rings (SSSR count). The SMILES string of the molecule is COc1ccc(OCC(=O)NCc2ccnc(OC)c2)cc1. The van der Waals surface area contributed by atoms with E-state index in [1.54, 1.807) is 50.7 Å². The van der Waals surface area contributed by atoms with E-state index in [1.165, 1.54) is 0 Å². The highest BCUT2D eigenvalue weighted by Gasteiger charge is 2.04. The molecule has 0 spiro atoms. The molecule has 0 aliphatic heterocycles. The number of amides is 1. The highest BCUT2D eigenvalue weighted by molar-refractivity contribution is 5.77. The Labute approximate surface area is 129 Å². The molecule has 116 valence electrons. The van der Waals surface area contributed by atoms with Crippen molar-refractivity contribution >= 4 is 5.91 Å². The number of carbonyl (C=O) groups is 1. The first-order chi connectivity index (χ1) is 10.7. The van der Waals surface area contributed by atoms with Gasteiger partial charge < -0.3 is 19.5 Å². The molecule has 0 bridgehead atoms. The van der Waals surface area contributed by atoms with Crippen molar-refractivity contribution in [3.05, 3.63) is 48.2 Å². The maximum Gasteiger partial charge on any atom is 0.258 e. The third kappa shape index (κ3) is 4.66. The number of pyridine rings is 1. The van der Waals surface area contributed by atoms with Crippen LogP contribution in [0.4, 0.5) is 0 Å². The van der Waals surface area contributed by atoms with Crippen LogP contribution in [0.2, 0.25) is 0 Å². The van der Waals surface area contributed by atoms with Gasteiger partial charge in [-0.05, 0) is 35.9 Å². The Morgan fingerprint density at radius 1 is 1.09 bits per heavy atom. The fourth-order valence-electron chi connectivity index (χ4n) is 1.74. The summed E-state index contributed by atoms with van der Waals surface area (Å²) in [5, 5.41) is 2.77. The molecule has 1 N–H and O–H groups in total. The molecule has 1 amide bonds. The van der Waals surface area contributed by atoms with Crippen molar-refractivity contribution < 1.29 is 19.0 Å². The van der Waals surface area contributed by atoms with Gasteiger partial charge in [0.2, 0.25) is 5.88 Å². The summed E-state index contributed by atoms with van der Waals surface area (Å²) < 4.78 is 15.5. The predicted molar refractivity (Wildman–Crippen MR) is 81.1 cm³/mol. The predicted octanol–water partition coefficient (Wildman–Crippen LogP) is 1.79. The van der Waals surface area contributed by atoms with Crippen LogP contribution >= 0.6 is 0 Å². The topological polar surface area (TPSA) is 69.7 Å². The zero-order valence-corrected chi connectivity index (χ0v) is 12.5. The Kier molecular flexibility index (Phi) is 5.59. The van der Waals surface area contributed by atoms with E-state index >= 15 is 0 Å². The number of methoxy groups -OCH3 is 2. The first-order valence-electron chi connectivity index (χ1n) is 6.73. The Morgan fingerprint density at radius 3 is 2.50 bits per heavy atom. The molecule has 0 aliphatic carbocycles.